The molecular weight excluding hydrogens is 286 g/mol. The van der Waals surface area contributed by atoms with E-state index in [-0.39, 0.29) is 17.5 Å². The Hall–Kier alpha value is -1.69. The summed E-state index contributed by atoms with van der Waals surface area (Å²) >= 11 is 1.33. The van der Waals surface area contributed by atoms with Gasteiger partial charge >= 0.3 is 0 Å². The molecule has 0 spiro atoms. The average Bonchev–Trinajstić information content (AvgIpc) is 3.17. The predicted octanol–water partition coefficient (Wildman–Crippen LogP) is 2.32. The molecule has 0 N–H and O–H groups in total. The molecule has 5 nitrogen and oxygen atoms in total. The van der Waals surface area contributed by atoms with Gasteiger partial charge in [0.2, 0.25) is 0 Å². The van der Waals surface area contributed by atoms with Crippen LogP contribution in [0.25, 0.3) is 10.2 Å². The molecule has 1 amide bonds. The Kier molecular flexibility index (Phi) is 3.36. The first-order valence-electron chi connectivity index (χ1n) is 7.19. The molecule has 0 unspecified atom stereocenters. The third kappa shape index (κ3) is 2.27. The van der Waals surface area contributed by atoms with Crippen molar-refractivity contribution < 1.29 is 4.79 Å². The van der Waals surface area contributed by atoms with Gasteiger partial charge in [-0.2, -0.15) is 0 Å². The summed E-state index contributed by atoms with van der Waals surface area (Å²) in [7, 11) is 1.68. The topological polar surface area (TPSA) is 55.2 Å². The molecule has 1 saturated carbocycles. The molecule has 0 aromatic carbocycles. The van der Waals surface area contributed by atoms with Crippen molar-refractivity contribution in [3.63, 3.8) is 0 Å². The molecule has 0 bridgehead atoms. The fourth-order valence-electron chi connectivity index (χ4n) is 2.70. The minimum Gasteiger partial charge on any atom is -0.333 e. The van der Waals surface area contributed by atoms with Crippen molar-refractivity contribution in [1.29, 1.82) is 0 Å². The van der Waals surface area contributed by atoms with Crippen molar-refractivity contribution in [2.45, 2.75) is 45.7 Å². The maximum absolute atomic E-state index is 12.9. The van der Waals surface area contributed by atoms with Gasteiger partial charge in [-0.15, -0.1) is 11.3 Å². The van der Waals surface area contributed by atoms with Gasteiger partial charge in [0.1, 0.15) is 4.83 Å². The lowest BCUT2D eigenvalue weighted by Crippen LogP contribution is -2.38. The van der Waals surface area contributed by atoms with Crippen LogP contribution in [-0.2, 0) is 7.05 Å². The first kappa shape index (κ1) is 14.3. The molecule has 2 aromatic rings. The van der Waals surface area contributed by atoms with Crippen LogP contribution in [0.15, 0.2) is 11.1 Å². The highest BCUT2D eigenvalue weighted by Gasteiger charge is 2.36. The molecule has 0 aliphatic heterocycles. The van der Waals surface area contributed by atoms with Crippen LogP contribution in [-0.4, -0.2) is 32.4 Å². The van der Waals surface area contributed by atoms with Crippen molar-refractivity contribution in [3.8, 4) is 0 Å². The minimum absolute atomic E-state index is 0.0371. The number of fused-ring (bicyclic) bond motifs is 1. The zero-order chi connectivity index (χ0) is 15.3. The summed E-state index contributed by atoms with van der Waals surface area (Å²) in [6, 6.07) is 0.531. The maximum atomic E-state index is 12.9. The Bertz CT molecular complexity index is 769. The van der Waals surface area contributed by atoms with Gasteiger partial charge in [-0.25, -0.2) is 4.98 Å². The average molecular weight is 305 g/mol. The van der Waals surface area contributed by atoms with E-state index >= 15 is 0 Å². The quantitative estimate of drug-likeness (QED) is 0.874. The fourth-order valence-corrected chi connectivity index (χ4v) is 3.79. The standard InChI is InChI=1S/C15H19N3O2S/c1-8(2)18(10-5-6-10)15(20)12-9(3)11-13(21-12)16-7-17(4)14(11)19/h7-8,10H,5-6H2,1-4H3. The van der Waals surface area contributed by atoms with Crippen LogP contribution in [0.5, 0.6) is 0 Å². The molecule has 2 aromatic heterocycles. The number of hydrogen-bond acceptors (Lipinski definition) is 4. The van der Waals surface area contributed by atoms with Gasteiger partial charge < -0.3 is 9.47 Å². The smallest absolute Gasteiger partial charge is 0.264 e. The summed E-state index contributed by atoms with van der Waals surface area (Å²) in [5.74, 6) is 0.0371. The molecule has 1 aliphatic rings. The molecule has 2 heterocycles. The Morgan fingerprint density at radius 1 is 1.48 bits per heavy atom. The SMILES string of the molecule is Cc1c(C(=O)N(C(C)C)C2CC2)sc2ncn(C)c(=O)c12. The van der Waals surface area contributed by atoms with Crippen molar-refractivity contribution in [3.05, 3.63) is 27.1 Å². The molecule has 0 atom stereocenters. The van der Waals surface area contributed by atoms with Gasteiger partial charge in [0, 0.05) is 19.1 Å². The minimum atomic E-state index is -0.0877. The van der Waals surface area contributed by atoms with E-state index in [0.717, 1.165) is 18.4 Å². The first-order valence-corrected chi connectivity index (χ1v) is 8.01. The largest absolute Gasteiger partial charge is 0.333 e. The zero-order valence-electron chi connectivity index (χ0n) is 12.7. The molecule has 0 radical (unpaired) electrons. The number of aromatic nitrogens is 2. The maximum Gasteiger partial charge on any atom is 0.264 e. The molecule has 112 valence electrons. The van der Waals surface area contributed by atoms with Gasteiger partial charge in [0.25, 0.3) is 11.5 Å². The number of carbonyl (C=O) groups is 1. The van der Waals surface area contributed by atoms with Crippen molar-refractivity contribution in [2.75, 3.05) is 0 Å². The summed E-state index contributed by atoms with van der Waals surface area (Å²) in [6.07, 6.45) is 3.66. The van der Waals surface area contributed by atoms with Crippen LogP contribution >= 0.6 is 11.3 Å². The van der Waals surface area contributed by atoms with Gasteiger partial charge in [-0.3, -0.25) is 9.59 Å². The van der Waals surface area contributed by atoms with Crippen LogP contribution in [0.3, 0.4) is 0 Å². The summed E-state index contributed by atoms with van der Waals surface area (Å²) in [5, 5.41) is 0.577. The highest BCUT2D eigenvalue weighted by molar-refractivity contribution is 7.20. The van der Waals surface area contributed by atoms with E-state index in [9.17, 15) is 9.59 Å². The normalized spacial score (nSPS) is 14.9. The molecule has 3 rings (SSSR count). The van der Waals surface area contributed by atoms with E-state index in [1.54, 1.807) is 7.05 Å². The third-order valence-electron chi connectivity index (χ3n) is 3.94. The predicted molar refractivity (Wildman–Crippen MR) is 83.9 cm³/mol. The summed E-state index contributed by atoms with van der Waals surface area (Å²) in [5.41, 5.74) is 0.676. The number of carbonyl (C=O) groups excluding carboxylic acids is 1. The molecular formula is C15H19N3O2S. The lowest BCUT2D eigenvalue weighted by molar-refractivity contribution is 0.0695. The number of amides is 1. The number of thiophene rings is 1. The molecule has 21 heavy (non-hydrogen) atoms. The summed E-state index contributed by atoms with van der Waals surface area (Å²) < 4.78 is 1.46. The molecule has 0 saturated heterocycles. The lowest BCUT2D eigenvalue weighted by atomic mass is 10.2. The van der Waals surface area contributed by atoms with E-state index in [1.165, 1.54) is 22.2 Å². The molecule has 1 fully saturated rings. The van der Waals surface area contributed by atoms with Gasteiger partial charge in [-0.05, 0) is 39.2 Å². The Labute approximate surface area is 127 Å². The second-order valence-corrected chi connectivity index (χ2v) is 6.93. The van der Waals surface area contributed by atoms with E-state index in [2.05, 4.69) is 4.98 Å². The second-order valence-electron chi connectivity index (χ2n) is 5.93. The summed E-state index contributed by atoms with van der Waals surface area (Å²) in [6.45, 7) is 5.92. The van der Waals surface area contributed by atoms with Crippen molar-refractivity contribution in [1.82, 2.24) is 14.5 Å². The Morgan fingerprint density at radius 2 is 2.14 bits per heavy atom. The van der Waals surface area contributed by atoms with Crippen LogP contribution in [0.1, 0.15) is 41.9 Å². The molecule has 6 heteroatoms. The van der Waals surface area contributed by atoms with E-state index < -0.39 is 0 Å². The monoisotopic (exact) mass is 305 g/mol. The Morgan fingerprint density at radius 3 is 2.71 bits per heavy atom. The second kappa shape index (κ2) is 4.94. The number of rotatable bonds is 3. The third-order valence-corrected chi connectivity index (χ3v) is 5.12. The van der Waals surface area contributed by atoms with Crippen LogP contribution in [0, 0.1) is 6.92 Å². The fraction of sp³-hybridized carbons (Fsp3) is 0.533. The van der Waals surface area contributed by atoms with Crippen LogP contribution in [0.2, 0.25) is 0 Å². The van der Waals surface area contributed by atoms with Crippen molar-refractivity contribution in [2.24, 2.45) is 7.05 Å². The highest BCUT2D eigenvalue weighted by Crippen LogP contribution is 2.34. The van der Waals surface area contributed by atoms with E-state index in [1.807, 2.05) is 25.7 Å². The summed E-state index contributed by atoms with van der Waals surface area (Å²) in [4.78, 5) is 32.6. The molecule has 1 aliphatic carbocycles. The number of aryl methyl sites for hydroxylation is 2. The number of nitrogens with zero attached hydrogens (tertiary/aromatic N) is 3. The highest BCUT2D eigenvalue weighted by atomic mass is 32.1. The van der Waals surface area contributed by atoms with E-state index in [4.69, 9.17) is 0 Å². The van der Waals surface area contributed by atoms with Crippen LogP contribution < -0.4 is 5.56 Å². The zero-order valence-corrected chi connectivity index (χ0v) is 13.5. The Balaban J connectivity index is 2.12. The van der Waals surface area contributed by atoms with Gasteiger partial charge in [-0.1, -0.05) is 0 Å². The van der Waals surface area contributed by atoms with Crippen molar-refractivity contribution >= 4 is 27.5 Å². The number of hydrogen-bond donors (Lipinski definition) is 0. The van der Waals surface area contributed by atoms with Gasteiger partial charge in [0.15, 0.2) is 0 Å². The van der Waals surface area contributed by atoms with Crippen LogP contribution in [0.4, 0.5) is 0 Å². The van der Waals surface area contributed by atoms with E-state index in [0.29, 0.717) is 21.1 Å². The first-order chi connectivity index (χ1) is 9.91. The van der Waals surface area contributed by atoms with Gasteiger partial charge in [0.05, 0.1) is 16.6 Å². The lowest BCUT2D eigenvalue weighted by Gasteiger charge is -2.26.